The molecule has 0 spiro atoms. The normalized spacial score (nSPS) is 19.9. The Balaban J connectivity index is 1.37. The fourth-order valence-electron chi connectivity index (χ4n) is 4.82. The number of pyridine rings is 1. The van der Waals surface area contributed by atoms with Gasteiger partial charge in [0.2, 0.25) is 0 Å². The van der Waals surface area contributed by atoms with Gasteiger partial charge in [-0.1, -0.05) is 24.3 Å². The van der Waals surface area contributed by atoms with Crippen molar-refractivity contribution in [3.8, 4) is 5.75 Å². The molecule has 188 valence electrons. The van der Waals surface area contributed by atoms with Crippen molar-refractivity contribution in [1.82, 2.24) is 15.2 Å². The predicted molar refractivity (Wildman–Crippen MR) is 130 cm³/mol. The second-order valence-corrected chi connectivity index (χ2v) is 9.01. The predicted octanol–water partition coefficient (Wildman–Crippen LogP) is 1.67. The Morgan fingerprint density at radius 1 is 1.26 bits per heavy atom. The molecule has 2 aliphatic rings. The average molecular weight is 483 g/mol. The monoisotopic (exact) mass is 482 g/mol. The Hall–Kier alpha value is -3.01. The van der Waals surface area contributed by atoms with Crippen molar-refractivity contribution in [3.05, 3.63) is 58.9 Å². The first-order valence-corrected chi connectivity index (χ1v) is 12.3. The van der Waals surface area contributed by atoms with Crippen molar-refractivity contribution in [2.75, 3.05) is 26.4 Å². The molecule has 1 aromatic heterocycles. The summed E-state index contributed by atoms with van der Waals surface area (Å²) in [5.74, 6) is -0.273. The molecule has 9 nitrogen and oxygen atoms in total. The van der Waals surface area contributed by atoms with Gasteiger partial charge < -0.3 is 30.5 Å². The molecule has 3 atom stereocenters. The maximum Gasteiger partial charge on any atom is 0.273 e. The minimum atomic E-state index is -0.717. The zero-order chi connectivity index (χ0) is 24.8. The molecule has 2 aromatic rings. The van der Waals surface area contributed by atoms with E-state index in [2.05, 4.69) is 10.3 Å². The van der Waals surface area contributed by atoms with Crippen LogP contribution in [0.25, 0.3) is 0 Å². The first kappa shape index (κ1) is 25.1. The number of rotatable bonds is 10. The van der Waals surface area contributed by atoms with Gasteiger partial charge in [-0.25, -0.2) is 4.98 Å². The van der Waals surface area contributed by atoms with Gasteiger partial charge in [0, 0.05) is 25.4 Å². The second kappa shape index (κ2) is 11.6. The SMILES string of the molecule is CCOc1cc(C(=O)N2C3CCC2COC3)ncc1C(=O)NC[C@@H](O)CCc1ccccc1CN. The molecule has 2 unspecified atom stereocenters. The lowest BCUT2D eigenvalue weighted by atomic mass is 10.0. The van der Waals surface area contributed by atoms with Gasteiger partial charge >= 0.3 is 0 Å². The van der Waals surface area contributed by atoms with Crippen molar-refractivity contribution in [2.24, 2.45) is 5.73 Å². The maximum absolute atomic E-state index is 13.2. The van der Waals surface area contributed by atoms with Crippen LogP contribution in [-0.2, 0) is 17.7 Å². The third-order valence-corrected chi connectivity index (χ3v) is 6.69. The number of nitrogens with zero attached hydrogens (tertiary/aromatic N) is 2. The summed E-state index contributed by atoms with van der Waals surface area (Å²) in [5, 5.41) is 13.2. The number of hydrogen-bond donors (Lipinski definition) is 3. The highest BCUT2D eigenvalue weighted by Gasteiger charge is 2.41. The number of amides is 2. The van der Waals surface area contributed by atoms with Gasteiger partial charge in [0.15, 0.2) is 0 Å². The number of carbonyl (C=O) groups is 2. The van der Waals surface area contributed by atoms with E-state index < -0.39 is 12.0 Å². The molecule has 0 saturated carbocycles. The summed E-state index contributed by atoms with van der Waals surface area (Å²) < 4.78 is 11.2. The summed E-state index contributed by atoms with van der Waals surface area (Å²) in [7, 11) is 0. The molecule has 35 heavy (non-hydrogen) atoms. The van der Waals surface area contributed by atoms with Gasteiger partial charge in [-0.3, -0.25) is 9.59 Å². The molecule has 2 fully saturated rings. The number of hydrogen-bond acceptors (Lipinski definition) is 7. The zero-order valence-electron chi connectivity index (χ0n) is 20.1. The standard InChI is InChI=1S/C26H34N4O5/c1-2-35-24-11-23(26(33)30-19-8-9-20(30)16-34-15-19)28-14-22(24)25(32)29-13-21(31)10-7-17-5-3-4-6-18(17)12-27/h3-6,11,14,19-21,31H,2,7-10,12-13,15-16,27H2,1H3,(H,29,32)/t19?,20?,21-/m0/s1. The molecule has 2 bridgehead atoms. The third-order valence-electron chi connectivity index (χ3n) is 6.69. The highest BCUT2D eigenvalue weighted by Crippen LogP contribution is 2.31. The van der Waals surface area contributed by atoms with Gasteiger partial charge in [0.25, 0.3) is 11.8 Å². The summed E-state index contributed by atoms with van der Waals surface area (Å²) in [6.07, 6.45) is 3.66. The number of carbonyl (C=O) groups excluding carboxylic acids is 2. The Bertz CT molecular complexity index is 1030. The number of morpholine rings is 1. The van der Waals surface area contributed by atoms with E-state index in [0.717, 1.165) is 24.0 Å². The topological polar surface area (TPSA) is 127 Å². The van der Waals surface area contributed by atoms with E-state index in [-0.39, 0.29) is 35.8 Å². The lowest BCUT2D eigenvalue weighted by molar-refractivity contribution is -0.00748. The van der Waals surface area contributed by atoms with Gasteiger partial charge in [-0.2, -0.15) is 0 Å². The Labute approximate surface area is 205 Å². The Morgan fingerprint density at radius 3 is 2.66 bits per heavy atom. The largest absolute Gasteiger partial charge is 0.493 e. The zero-order valence-corrected chi connectivity index (χ0v) is 20.1. The van der Waals surface area contributed by atoms with Crippen LogP contribution in [0.1, 0.15) is 58.2 Å². The van der Waals surface area contributed by atoms with Crippen LogP contribution in [0, 0.1) is 0 Å². The molecule has 1 aromatic carbocycles. The van der Waals surface area contributed by atoms with E-state index >= 15 is 0 Å². The van der Waals surface area contributed by atoms with Crippen LogP contribution in [0.4, 0.5) is 0 Å². The number of ether oxygens (including phenoxy) is 2. The summed E-state index contributed by atoms with van der Waals surface area (Å²) in [6, 6.07) is 9.54. The summed E-state index contributed by atoms with van der Waals surface area (Å²) in [5.41, 5.74) is 8.41. The molecule has 9 heteroatoms. The number of aliphatic hydroxyl groups is 1. The number of benzene rings is 1. The van der Waals surface area contributed by atoms with E-state index in [4.69, 9.17) is 15.2 Å². The van der Waals surface area contributed by atoms with Crippen LogP contribution in [0.2, 0.25) is 0 Å². The number of aromatic nitrogens is 1. The van der Waals surface area contributed by atoms with Crippen LogP contribution in [0.3, 0.4) is 0 Å². The van der Waals surface area contributed by atoms with Crippen molar-refractivity contribution < 1.29 is 24.2 Å². The van der Waals surface area contributed by atoms with Crippen molar-refractivity contribution in [3.63, 3.8) is 0 Å². The first-order chi connectivity index (χ1) is 17.0. The number of fused-ring (bicyclic) bond motifs is 2. The molecule has 0 radical (unpaired) electrons. The number of aliphatic hydroxyl groups excluding tert-OH is 1. The fraction of sp³-hybridized carbons (Fsp3) is 0.500. The maximum atomic E-state index is 13.2. The molecule has 0 aliphatic carbocycles. The van der Waals surface area contributed by atoms with Gasteiger partial charge in [0.05, 0.1) is 43.6 Å². The molecule has 2 saturated heterocycles. The summed E-state index contributed by atoms with van der Waals surface area (Å²) in [4.78, 5) is 32.2. The highest BCUT2D eigenvalue weighted by molar-refractivity contribution is 5.99. The van der Waals surface area contributed by atoms with Crippen molar-refractivity contribution in [1.29, 1.82) is 0 Å². The van der Waals surface area contributed by atoms with E-state index in [1.54, 1.807) is 0 Å². The summed E-state index contributed by atoms with van der Waals surface area (Å²) >= 11 is 0. The number of nitrogens with one attached hydrogen (secondary N) is 1. The Morgan fingerprint density at radius 2 is 1.97 bits per heavy atom. The van der Waals surface area contributed by atoms with Gasteiger partial charge in [-0.15, -0.1) is 0 Å². The van der Waals surface area contributed by atoms with Gasteiger partial charge in [-0.05, 0) is 43.7 Å². The molecule has 2 amide bonds. The van der Waals surface area contributed by atoms with E-state index in [9.17, 15) is 14.7 Å². The first-order valence-electron chi connectivity index (χ1n) is 12.3. The lowest BCUT2D eigenvalue weighted by Gasteiger charge is -2.34. The van der Waals surface area contributed by atoms with E-state index in [0.29, 0.717) is 45.0 Å². The van der Waals surface area contributed by atoms with Crippen LogP contribution in [-0.4, -0.2) is 71.4 Å². The lowest BCUT2D eigenvalue weighted by Crippen LogP contribution is -2.49. The molecule has 4 rings (SSSR count). The number of aryl methyl sites for hydroxylation is 1. The van der Waals surface area contributed by atoms with E-state index in [1.807, 2.05) is 36.1 Å². The quantitative estimate of drug-likeness (QED) is 0.470. The highest BCUT2D eigenvalue weighted by atomic mass is 16.5. The molecule has 3 heterocycles. The Kier molecular flexibility index (Phi) is 8.33. The number of nitrogens with two attached hydrogens (primary N) is 1. The van der Waals surface area contributed by atoms with Crippen LogP contribution >= 0.6 is 0 Å². The molecular weight excluding hydrogens is 448 g/mol. The average Bonchev–Trinajstić information content (AvgIpc) is 3.13. The van der Waals surface area contributed by atoms with Crippen molar-refractivity contribution >= 4 is 11.8 Å². The smallest absolute Gasteiger partial charge is 0.273 e. The van der Waals surface area contributed by atoms with Crippen LogP contribution < -0.4 is 15.8 Å². The van der Waals surface area contributed by atoms with Crippen LogP contribution in [0.15, 0.2) is 36.5 Å². The van der Waals surface area contributed by atoms with Crippen LogP contribution in [0.5, 0.6) is 5.75 Å². The summed E-state index contributed by atoms with van der Waals surface area (Å²) in [6.45, 7) is 3.77. The molecule has 4 N–H and O–H groups in total. The fourth-order valence-corrected chi connectivity index (χ4v) is 4.82. The molecular formula is C26H34N4O5. The second-order valence-electron chi connectivity index (χ2n) is 9.01. The minimum absolute atomic E-state index is 0.0693. The van der Waals surface area contributed by atoms with Crippen molar-refractivity contribution in [2.45, 2.75) is 57.3 Å². The van der Waals surface area contributed by atoms with E-state index in [1.165, 1.54) is 12.3 Å². The third kappa shape index (κ3) is 5.80. The molecule has 2 aliphatic heterocycles. The minimum Gasteiger partial charge on any atom is -0.493 e. The van der Waals surface area contributed by atoms with Gasteiger partial charge in [0.1, 0.15) is 11.4 Å².